The zero-order valence-electron chi connectivity index (χ0n) is 19.2. The lowest BCUT2D eigenvalue weighted by molar-refractivity contribution is 0.0909. The highest BCUT2D eigenvalue weighted by molar-refractivity contribution is 9.10. The van der Waals surface area contributed by atoms with Crippen molar-refractivity contribution in [2.24, 2.45) is 0 Å². The number of methoxy groups -OCH3 is 1. The summed E-state index contributed by atoms with van der Waals surface area (Å²) in [7, 11) is 1.57. The molecule has 1 fully saturated rings. The van der Waals surface area contributed by atoms with Gasteiger partial charge in [0.15, 0.2) is 0 Å². The van der Waals surface area contributed by atoms with Crippen LogP contribution in [0.15, 0.2) is 83.3 Å². The number of carbonyl (C=O) groups is 2. The van der Waals surface area contributed by atoms with Crippen molar-refractivity contribution in [1.82, 2.24) is 10.6 Å². The molecular formula is C28H29BrN2O3. The van der Waals surface area contributed by atoms with Crippen molar-refractivity contribution in [1.29, 1.82) is 0 Å². The number of carbonyl (C=O) groups excluding carboxylic acids is 2. The summed E-state index contributed by atoms with van der Waals surface area (Å²) in [6.45, 7) is 0.529. The van der Waals surface area contributed by atoms with Gasteiger partial charge < -0.3 is 15.4 Å². The van der Waals surface area contributed by atoms with E-state index in [9.17, 15) is 9.59 Å². The Bertz CT molecular complexity index is 1120. The van der Waals surface area contributed by atoms with E-state index in [4.69, 9.17) is 4.74 Å². The van der Waals surface area contributed by atoms with Crippen LogP contribution in [0.2, 0.25) is 0 Å². The Morgan fingerprint density at radius 3 is 2.24 bits per heavy atom. The third-order valence-corrected chi connectivity index (χ3v) is 7.24. The number of amides is 2. The van der Waals surface area contributed by atoms with Crippen LogP contribution in [0.1, 0.15) is 52.0 Å². The molecule has 0 aromatic heterocycles. The number of para-hydroxylation sites is 1. The number of nitrogens with one attached hydrogen (secondary N) is 2. The molecule has 34 heavy (non-hydrogen) atoms. The number of ether oxygens (including phenoxy) is 1. The highest BCUT2D eigenvalue weighted by atomic mass is 79.9. The summed E-state index contributed by atoms with van der Waals surface area (Å²) < 4.78 is 6.31. The molecule has 0 radical (unpaired) electrons. The van der Waals surface area contributed by atoms with Crippen LogP contribution < -0.4 is 15.4 Å². The van der Waals surface area contributed by atoms with Crippen molar-refractivity contribution in [3.63, 3.8) is 0 Å². The Morgan fingerprint density at radius 2 is 1.56 bits per heavy atom. The number of rotatable bonds is 7. The lowest BCUT2D eigenvalue weighted by Gasteiger charge is -2.41. The highest BCUT2D eigenvalue weighted by Crippen LogP contribution is 2.39. The van der Waals surface area contributed by atoms with Gasteiger partial charge in [-0.2, -0.15) is 0 Å². The van der Waals surface area contributed by atoms with Gasteiger partial charge in [-0.3, -0.25) is 9.59 Å². The van der Waals surface area contributed by atoms with Crippen LogP contribution in [0.5, 0.6) is 5.75 Å². The number of halogens is 1. The molecular weight excluding hydrogens is 492 g/mol. The summed E-state index contributed by atoms with van der Waals surface area (Å²) in [5.74, 6) is 0.376. The average molecular weight is 521 g/mol. The minimum atomic E-state index is -0.183. The Labute approximate surface area is 209 Å². The van der Waals surface area contributed by atoms with E-state index in [1.165, 1.54) is 5.56 Å². The SMILES string of the molecule is COc1ccccc1C(=O)NCC1(c2ccccc2)CCC(NC(=O)c2ccc(Br)cc2)CC1. The average Bonchev–Trinajstić information content (AvgIpc) is 2.89. The minimum absolute atomic E-state index is 0.0470. The molecule has 4 rings (SSSR count). The summed E-state index contributed by atoms with van der Waals surface area (Å²) in [6.07, 6.45) is 3.44. The van der Waals surface area contributed by atoms with Gasteiger partial charge in [-0.1, -0.05) is 58.4 Å². The maximum Gasteiger partial charge on any atom is 0.255 e. The predicted octanol–water partition coefficient (Wildman–Crippen LogP) is 5.50. The molecule has 1 aliphatic rings. The van der Waals surface area contributed by atoms with E-state index in [0.29, 0.717) is 23.4 Å². The molecule has 0 heterocycles. The van der Waals surface area contributed by atoms with Crippen LogP contribution in [0.25, 0.3) is 0 Å². The predicted molar refractivity (Wildman–Crippen MR) is 137 cm³/mol. The molecule has 176 valence electrons. The molecule has 2 amide bonds. The summed E-state index contributed by atoms with van der Waals surface area (Å²) >= 11 is 3.41. The molecule has 0 unspecified atom stereocenters. The van der Waals surface area contributed by atoms with E-state index in [2.05, 4.69) is 38.7 Å². The first-order valence-electron chi connectivity index (χ1n) is 11.5. The molecule has 1 aliphatic carbocycles. The molecule has 5 nitrogen and oxygen atoms in total. The van der Waals surface area contributed by atoms with Crippen molar-refractivity contribution in [3.8, 4) is 5.75 Å². The largest absolute Gasteiger partial charge is 0.496 e. The Morgan fingerprint density at radius 1 is 0.912 bits per heavy atom. The van der Waals surface area contributed by atoms with Gasteiger partial charge in [-0.15, -0.1) is 0 Å². The molecule has 0 aliphatic heterocycles. The molecule has 1 saturated carbocycles. The maximum absolute atomic E-state index is 13.0. The van der Waals surface area contributed by atoms with E-state index < -0.39 is 0 Å². The fourth-order valence-electron chi connectivity index (χ4n) is 4.72. The molecule has 6 heteroatoms. The van der Waals surface area contributed by atoms with Gasteiger partial charge in [0.1, 0.15) is 5.75 Å². The second-order valence-electron chi connectivity index (χ2n) is 8.78. The standard InChI is InChI=1S/C28H29BrN2O3/c1-34-25-10-6-5-9-24(25)27(33)30-19-28(21-7-3-2-4-8-21)17-15-23(16-18-28)31-26(32)20-11-13-22(29)14-12-20/h2-14,23H,15-19H2,1H3,(H,30,33)(H,31,32). The summed E-state index contributed by atoms with van der Waals surface area (Å²) in [6, 6.07) is 25.1. The summed E-state index contributed by atoms with van der Waals surface area (Å²) in [4.78, 5) is 25.7. The van der Waals surface area contributed by atoms with Crippen molar-refractivity contribution >= 4 is 27.7 Å². The first kappa shape index (κ1) is 24.0. The minimum Gasteiger partial charge on any atom is -0.496 e. The van der Waals surface area contributed by atoms with E-state index in [1.54, 1.807) is 19.2 Å². The van der Waals surface area contributed by atoms with Crippen molar-refractivity contribution < 1.29 is 14.3 Å². The zero-order valence-corrected chi connectivity index (χ0v) is 20.8. The first-order valence-corrected chi connectivity index (χ1v) is 12.3. The van der Waals surface area contributed by atoms with E-state index >= 15 is 0 Å². The molecule has 0 spiro atoms. The second-order valence-corrected chi connectivity index (χ2v) is 9.70. The lowest BCUT2D eigenvalue weighted by Crippen LogP contribution is -2.47. The Kier molecular flexibility index (Phi) is 7.68. The van der Waals surface area contributed by atoms with E-state index in [0.717, 1.165) is 30.2 Å². The van der Waals surface area contributed by atoms with Crippen LogP contribution in [-0.2, 0) is 5.41 Å². The first-order chi connectivity index (χ1) is 16.5. The maximum atomic E-state index is 13.0. The lowest BCUT2D eigenvalue weighted by atomic mass is 9.68. The molecule has 3 aromatic rings. The van der Waals surface area contributed by atoms with Gasteiger partial charge in [0.2, 0.25) is 0 Å². The number of benzene rings is 3. The highest BCUT2D eigenvalue weighted by Gasteiger charge is 2.37. The smallest absolute Gasteiger partial charge is 0.255 e. The van der Waals surface area contributed by atoms with Crippen LogP contribution in [0, 0.1) is 0 Å². The van der Waals surface area contributed by atoms with E-state index in [1.807, 2.05) is 54.6 Å². The monoisotopic (exact) mass is 520 g/mol. The molecule has 3 aromatic carbocycles. The Balaban J connectivity index is 1.45. The molecule has 0 saturated heterocycles. The van der Waals surface area contributed by atoms with Gasteiger partial charge in [0.25, 0.3) is 11.8 Å². The van der Waals surface area contributed by atoms with E-state index in [-0.39, 0.29) is 23.3 Å². The summed E-state index contributed by atoms with van der Waals surface area (Å²) in [5.41, 5.74) is 2.22. The van der Waals surface area contributed by atoms with Crippen LogP contribution in [0.4, 0.5) is 0 Å². The third-order valence-electron chi connectivity index (χ3n) is 6.71. The third kappa shape index (κ3) is 5.50. The summed E-state index contributed by atoms with van der Waals surface area (Å²) in [5, 5.41) is 6.35. The molecule has 2 N–H and O–H groups in total. The topological polar surface area (TPSA) is 67.4 Å². The van der Waals surface area contributed by atoms with Crippen LogP contribution in [0.3, 0.4) is 0 Å². The quantitative estimate of drug-likeness (QED) is 0.432. The van der Waals surface area contributed by atoms with Crippen molar-refractivity contribution in [2.75, 3.05) is 13.7 Å². The van der Waals surface area contributed by atoms with Crippen LogP contribution >= 0.6 is 15.9 Å². The molecule has 0 bridgehead atoms. The van der Waals surface area contributed by atoms with Gasteiger partial charge in [0.05, 0.1) is 12.7 Å². The van der Waals surface area contributed by atoms with Gasteiger partial charge in [-0.05, 0) is 67.6 Å². The normalized spacial score (nSPS) is 19.8. The van der Waals surface area contributed by atoms with Gasteiger partial charge in [0, 0.05) is 28.0 Å². The zero-order chi connectivity index (χ0) is 24.0. The number of hydrogen-bond donors (Lipinski definition) is 2. The van der Waals surface area contributed by atoms with Crippen molar-refractivity contribution in [3.05, 3.63) is 100 Å². The number of hydrogen-bond acceptors (Lipinski definition) is 3. The fourth-order valence-corrected chi connectivity index (χ4v) is 4.99. The van der Waals surface area contributed by atoms with Crippen LogP contribution in [-0.4, -0.2) is 31.5 Å². The van der Waals surface area contributed by atoms with Gasteiger partial charge >= 0.3 is 0 Å². The van der Waals surface area contributed by atoms with Crippen molar-refractivity contribution in [2.45, 2.75) is 37.1 Å². The second kappa shape index (κ2) is 10.9. The van der Waals surface area contributed by atoms with Gasteiger partial charge in [-0.25, -0.2) is 0 Å². The molecule has 0 atom stereocenters. The Hall–Kier alpha value is -3.12. The fraction of sp³-hybridized carbons (Fsp3) is 0.286.